The summed E-state index contributed by atoms with van der Waals surface area (Å²) in [5, 5.41) is 10.1. The van der Waals surface area contributed by atoms with E-state index in [1.54, 1.807) is 0 Å². The lowest BCUT2D eigenvalue weighted by Gasteiger charge is -2.08. The number of ether oxygens (including phenoxy) is 1. The molecule has 0 saturated heterocycles. The third kappa shape index (κ3) is 3.03. The summed E-state index contributed by atoms with van der Waals surface area (Å²) < 4.78 is 7.95. The molecule has 0 radical (unpaired) electrons. The SMILES string of the molecule is CC(N)Cc1c2n(c3ccc(OCCO)cc13)CCC2.Cl. The Bertz CT molecular complexity index is 622. The molecule has 3 rings (SSSR count). The van der Waals surface area contributed by atoms with E-state index in [4.69, 9.17) is 15.6 Å². The van der Waals surface area contributed by atoms with Crippen molar-refractivity contribution in [1.29, 1.82) is 0 Å². The zero-order chi connectivity index (χ0) is 14.1. The minimum absolute atomic E-state index is 0. The van der Waals surface area contributed by atoms with Gasteiger partial charge >= 0.3 is 0 Å². The van der Waals surface area contributed by atoms with Gasteiger partial charge in [0.15, 0.2) is 0 Å². The summed E-state index contributed by atoms with van der Waals surface area (Å²) in [6.45, 7) is 3.53. The third-order valence-electron chi connectivity index (χ3n) is 3.94. The summed E-state index contributed by atoms with van der Waals surface area (Å²) in [5.41, 5.74) is 10.1. The zero-order valence-electron chi connectivity index (χ0n) is 12.3. The van der Waals surface area contributed by atoms with Crippen LogP contribution in [0.15, 0.2) is 18.2 Å². The highest BCUT2D eigenvalue weighted by Gasteiger charge is 2.21. The first-order valence-electron chi connectivity index (χ1n) is 7.34. The Morgan fingerprint density at radius 3 is 2.95 bits per heavy atom. The van der Waals surface area contributed by atoms with Gasteiger partial charge in [-0.25, -0.2) is 0 Å². The number of halogens is 1. The van der Waals surface area contributed by atoms with Gasteiger partial charge in [-0.1, -0.05) is 0 Å². The van der Waals surface area contributed by atoms with Gasteiger partial charge in [0.2, 0.25) is 0 Å². The third-order valence-corrected chi connectivity index (χ3v) is 3.94. The molecule has 1 aliphatic rings. The Hall–Kier alpha value is -1.23. The Labute approximate surface area is 131 Å². The van der Waals surface area contributed by atoms with E-state index in [9.17, 15) is 0 Å². The highest BCUT2D eigenvalue weighted by atomic mass is 35.5. The molecule has 3 N–H and O–H groups in total. The largest absolute Gasteiger partial charge is 0.491 e. The number of fused-ring (bicyclic) bond motifs is 3. The van der Waals surface area contributed by atoms with Crippen LogP contribution in [0.25, 0.3) is 10.9 Å². The molecule has 0 aliphatic carbocycles. The van der Waals surface area contributed by atoms with Crippen molar-refractivity contribution in [2.24, 2.45) is 5.73 Å². The van der Waals surface area contributed by atoms with Gasteiger partial charge in [0.05, 0.1) is 6.61 Å². The first-order chi connectivity index (χ1) is 9.70. The van der Waals surface area contributed by atoms with Crippen molar-refractivity contribution in [3.63, 3.8) is 0 Å². The average Bonchev–Trinajstić information content (AvgIpc) is 2.99. The maximum Gasteiger partial charge on any atom is 0.120 e. The Kier molecular flexibility index (Phi) is 5.14. The van der Waals surface area contributed by atoms with Crippen LogP contribution in [-0.4, -0.2) is 28.9 Å². The van der Waals surface area contributed by atoms with E-state index in [1.165, 1.54) is 28.6 Å². The number of nitrogens with two attached hydrogens (primary N) is 1. The van der Waals surface area contributed by atoms with Gasteiger partial charge in [-0.05, 0) is 49.9 Å². The summed E-state index contributed by atoms with van der Waals surface area (Å²) in [6.07, 6.45) is 3.27. The number of aromatic nitrogens is 1. The van der Waals surface area contributed by atoms with Crippen LogP contribution in [0.3, 0.4) is 0 Å². The molecule has 1 aliphatic heterocycles. The first kappa shape index (κ1) is 16.1. The minimum atomic E-state index is 0. The molecule has 1 aromatic heterocycles. The lowest BCUT2D eigenvalue weighted by molar-refractivity contribution is 0.201. The Morgan fingerprint density at radius 1 is 1.43 bits per heavy atom. The molecule has 5 heteroatoms. The number of rotatable bonds is 5. The summed E-state index contributed by atoms with van der Waals surface area (Å²) in [4.78, 5) is 0. The number of benzene rings is 1. The van der Waals surface area contributed by atoms with Crippen molar-refractivity contribution in [3.8, 4) is 5.75 Å². The molecule has 2 aromatic rings. The molecule has 0 amide bonds. The van der Waals surface area contributed by atoms with Crippen molar-refractivity contribution < 1.29 is 9.84 Å². The molecule has 0 fully saturated rings. The van der Waals surface area contributed by atoms with Gasteiger partial charge in [0.25, 0.3) is 0 Å². The fourth-order valence-corrected chi connectivity index (χ4v) is 3.20. The average molecular weight is 311 g/mol. The van der Waals surface area contributed by atoms with Crippen molar-refractivity contribution in [2.75, 3.05) is 13.2 Å². The lowest BCUT2D eigenvalue weighted by atomic mass is 10.0. The quantitative estimate of drug-likeness (QED) is 0.890. The van der Waals surface area contributed by atoms with E-state index >= 15 is 0 Å². The van der Waals surface area contributed by atoms with Gasteiger partial charge in [-0.3, -0.25) is 0 Å². The molecule has 0 spiro atoms. The standard InChI is InChI=1S/C16H22N2O2.ClH/c1-11(17)9-13-14-10-12(20-8-7-19)4-5-16(14)18-6-2-3-15(13)18;/h4-5,10-11,19H,2-3,6-9,17H2,1H3;1H. The van der Waals surface area contributed by atoms with E-state index < -0.39 is 0 Å². The number of aliphatic hydroxyl groups excluding tert-OH is 1. The normalized spacial score (nSPS) is 14.8. The molecule has 116 valence electrons. The molecule has 21 heavy (non-hydrogen) atoms. The molecule has 1 aromatic carbocycles. The predicted octanol–water partition coefficient (Wildman–Crippen LogP) is 2.27. The van der Waals surface area contributed by atoms with Crippen LogP contribution < -0.4 is 10.5 Å². The van der Waals surface area contributed by atoms with Crippen LogP contribution >= 0.6 is 12.4 Å². The summed E-state index contributed by atoms with van der Waals surface area (Å²) >= 11 is 0. The molecule has 2 heterocycles. The highest BCUT2D eigenvalue weighted by molar-refractivity contribution is 5.87. The van der Waals surface area contributed by atoms with Gasteiger partial charge in [0.1, 0.15) is 12.4 Å². The topological polar surface area (TPSA) is 60.4 Å². The number of hydrogen-bond acceptors (Lipinski definition) is 3. The fourth-order valence-electron chi connectivity index (χ4n) is 3.20. The van der Waals surface area contributed by atoms with E-state index in [0.29, 0.717) is 6.61 Å². The maximum absolute atomic E-state index is 8.86. The second kappa shape index (κ2) is 6.69. The van der Waals surface area contributed by atoms with Gasteiger partial charge in [-0.2, -0.15) is 0 Å². The molecular formula is C16H23ClN2O2. The van der Waals surface area contributed by atoms with Crippen LogP contribution in [0.2, 0.25) is 0 Å². The maximum atomic E-state index is 8.86. The van der Waals surface area contributed by atoms with Crippen molar-refractivity contribution >= 4 is 23.3 Å². The van der Waals surface area contributed by atoms with E-state index in [1.807, 2.05) is 6.07 Å². The second-order valence-corrected chi connectivity index (χ2v) is 5.61. The zero-order valence-corrected chi connectivity index (χ0v) is 13.2. The molecule has 1 atom stereocenters. The van der Waals surface area contributed by atoms with E-state index in [0.717, 1.165) is 25.1 Å². The summed E-state index contributed by atoms with van der Waals surface area (Å²) in [6, 6.07) is 6.36. The van der Waals surface area contributed by atoms with Crippen molar-refractivity contribution in [3.05, 3.63) is 29.5 Å². The minimum Gasteiger partial charge on any atom is -0.491 e. The van der Waals surface area contributed by atoms with Crippen molar-refractivity contribution in [2.45, 2.75) is 38.8 Å². The number of nitrogens with zero attached hydrogens (tertiary/aromatic N) is 1. The number of aliphatic hydroxyl groups is 1. The monoisotopic (exact) mass is 310 g/mol. The predicted molar refractivity (Wildman–Crippen MR) is 87.4 cm³/mol. The molecule has 0 saturated carbocycles. The van der Waals surface area contributed by atoms with Gasteiger partial charge in [0, 0.05) is 29.2 Å². The molecule has 4 nitrogen and oxygen atoms in total. The molecule has 0 bridgehead atoms. The highest BCUT2D eigenvalue weighted by Crippen LogP contribution is 2.34. The first-order valence-corrected chi connectivity index (χ1v) is 7.34. The molecular weight excluding hydrogens is 288 g/mol. The molecule has 1 unspecified atom stereocenters. The van der Waals surface area contributed by atoms with Crippen LogP contribution in [0.1, 0.15) is 24.6 Å². The van der Waals surface area contributed by atoms with Crippen LogP contribution in [0.5, 0.6) is 5.75 Å². The van der Waals surface area contributed by atoms with Crippen molar-refractivity contribution in [1.82, 2.24) is 4.57 Å². The Morgan fingerprint density at radius 2 is 2.24 bits per heavy atom. The summed E-state index contributed by atoms with van der Waals surface area (Å²) in [7, 11) is 0. The number of aryl methyl sites for hydroxylation is 1. The van der Waals surface area contributed by atoms with Crippen LogP contribution in [0.4, 0.5) is 0 Å². The van der Waals surface area contributed by atoms with E-state index in [2.05, 4.69) is 23.6 Å². The number of hydrogen-bond donors (Lipinski definition) is 2. The fraction of sp³-hybridized carbons (Fsp3) is 0.500. The van der Waals surface area contributed by atoms with Gasteiger partial charge in [-0.15, -0.1) is 12.4 Å². The van der Waals surface area contributed by atoms with Gasteiger partial charge < -0.3 is 20.1 Å². The second-order valence-electron chi connectivity index (χ2n) is 5.61. The van der Waals surface area contributed by atoms with E-state index in [-0.39, 0.29) is 25.1 Å². The lowest BCUT2D eigenvalue weighted by Crippen LogP contribution is -2.18. The van der Waals surface area contributed by atoms with Crippen LogP contribution in [0, 0.1) is 0 Å². The summed E-state index contributed by atoms with van der Waals surface area (Å²) in [5.74, 6) is 0.821. The Balaban J connectivity index is 0.00000161. The smallest absolute Gasteiger partial charge is 0.120 e. The van der Waals surface area contributed by atoms with Crippen LogP contribution in [-0.2, 0) is 19.4 Å².